The average molecular weight is 243 g/mol. The summed E-state index contributed by atoms with van der Waals surface area (Å²) in [6.07, 6.45) is 0. The number of carbonyl (C=O) groups excluding carboxylic acids is 1. The van der Waals surface area contributed by atoms with E-state index in [0.717, 1.165) is 11.1 Å². The number of halogens is 1. The van der Waals surface area contributed by atoms with Gasteiger partial charge in [0, 0.05) is 17.2 Å². The van der Waals surface area contributed by atoms with Gasteiger partial charge in [-0.1, -0.05) is 0 Å². The second-order valence-electron chi connectivity index (χ2n) is 3.32. The summed E-state index contributed by atoms with van der Waals surface area (Å²) in [7, 11) is 3.05. The molecule has 1 aromatic carbocycles. The van der Waals surface area contributed by atoms with Crippen LogP contribution < -0.4 is 9.47 Å². The highest BCUT2D eigenvalue weighted by Crippen LogP contribution is 2.38. The van der Waals surface area contributed by atoms with Crippen molar-refractivity contribution in [3.05, 3.63) is 22.8 Å². The highest BCUT2D eigenvalue weighted by atomic mass is 35.5. The van der Waals surface area contributed by atoms with Crippen molar-refractivity contribution in [2.24, 2.45) is 0 Å². The lowest BCUT2D eigenvalue weighted by Crippen LogP contribution is -2.02. The Morgan fingerprint density at radius 1 is 1.38 bits per heavy atom. The van der Waals surface area contributed by atoms with Crippen LogP contribution in [0.1, 0.15) is 21.5 Å². The number of hydrogen-bond acceptors (Lipinski definition) is 4. The standard InChI is InChI=1S/C11H11ClO4/c1-14-8-3-9(15-2)10-7(6(8)4-12)5-16-11(10)13/h3H,4-5H2,1-2H3. The predicted molar refractivity (Wildman–Crippen MR) is 58.2 cm³/mol. The van der Waals surface area contributed by atoms with Crippen molar-refractivity contribution in [1.29, 1.82) is 0 Å². The molecule has 1 aromatic rings. The van der Waals surface area contributed by atoms with Gasteiger partial charge in [-0.2, -0.15) is 0 Å². The van der Waals surface area contributed by atoms with Crippen LogP contribution in [-0.2, 0) is 17.2 Å². The van der Waals surface area contributed by atoms with Crippen LogP contribution in [0.4, 0.5) is 0 Å². The molecule has 86 valence electrons. The second kappa shape index (κ2) is 4.22. The first-order valence-electron chi connectivity index (χ1n) is 4.72. The molecule has 4 nitrogen and oxygen atoms in total. The number of carbonyl (C=O) groups is 1. The first kappa shape index (κ1) is 11.1. The van der Waals surface area contributed by atoms with Gasteiger partial charge in [0.2, 0.25) is 0 Å². The van der Waals surface area contributed by atoms with Crippen LogP contribution in [-0.4, -0.2) is 20.2 Å². The minimum atomic E-state index is -0.374. The number of hydrogen-bond donors (Lipinski definition) is 0. The Kier molecular flexibility index (Phi) is 2.92. The summed E-state index contributed by atoms with van der Waals surface area (Å²) in [6.45, 7) is 0.226. The molecule has 2 rings (SSSR count). The molecule has 1 aliphatic rings. The van der Waals surface area contributed by atoms with E-state index in [2.05, 4.69) is 0 Å². The Labute approximate surface area is 98.1 Å². The monoisotopic (exact) mass is 242 g/mol. The zero-order valence-electron chi connectivity index (χ0n) is 9.00. The first-order valence-corrected chi connectivity index (χ1v) is 5.26. The third kappa shape index (κ3) is 1.50. The van der Waals surface area contributed by atoms with Crippen molar-refractivity contribution < 1.29 is 19.0 Å². The van der Waals surface area contributed by atoms with Crippen LogP contribution in [0.15, 0.2) is 6.07 Å². The maximum atomic E-state index is 11.5. The molecule has 0 atom stereocenters. The predicted octanol–water partition coefficient (Wildman–Crippen LogP) is 2.11. The fourth-order valence-corrected chi connectivity index (χ4v) is 2.10. The smallest absolute Gasteiger partial charge is 0.342 e. The number of rotatable bonds is 3. The van der Waals surface area contributed by atoms with E-state index in [1.165, 1.54) is 7.11 Å². The van der Waals surface area contributed by atoms with E-state index < -0.39 is 0 Å². The van der Waals surface area contributed by atoms with E-state index >= 15 is 0 Å². The summed E-state index contributed by atoms with van der Waals surface area (Å²) in [5, 5.41) is 0. The molecule has 0 amide bonds. The van der Waals surface area contributed by atoms with Crippen LogP contribution in [0.3, 0.4) is 0 Å². The third-order valence-electron chi connectivity index (χ3n) is 2.60. The molecular weight excluding hydrogens is 232 g/mol. The summed E-state index contributed by atoms with van der Waals surface area (Å²) in [4.78, 5) is 11.5. The molecule has 16 heavy (non-hydrogen) atoms. The van der Waals surface area contributed by atoms with Gasteiger partial charge in [-0.15, -0.1) is 11.6 Å². The zero-order valence-corrected chi connectivity index (χ0v) is 9.76. The number of methoxy groups -OCH3 is 2. The van der Waals surface area contributed by atoms with Gasteiger partial charge in [-0.25, -0.2) is 4.79 Å². The molecule has 1 aliphatic heterocycles. The topological polar surface area (TPSA) is 44.8 Å². The highest BCUT2D eigenvalue weighted by molar-refractivity contribution is 6.17. The quantitative estimate of drug-likeness (QED) is 0.602. The highest BCUT2D eigenvalue weighted by Gasteiger charge is 2.30. The minimum absolute atomic E-state index is 0.226. The Balaban J connectivity index is 2.69. The van der Waals surface area contributed by atoms with Crippen molar-refractivity contribution in [2.45, 2.75) is 12.5 Å². The second-order valence-corrected chi connectivity index (χ2v) is 3.59. The number of ether oxygens (including phenoxy) is 3. The van der Waals surface area contributed by atoms with Gasteiger partial charge in [0.1, 0.15) is 23.7 Å². The SMILES string of the molecule is COc1cc(OC)c2c(c1CCl)COC2=O. The zero-order chi connectivity index (χ0) is 11.7. The van der Waals surface area contributed by atoms with E-state index in [1.54, 1.807) is 13.2 Å². The van der Waals surface area contributed by atoms with Gasteiger partial charge < -0.3 is 14.2 Å². The van der Waals surface area contributed by atoms with Gasteiger partial charge in [0.15, 0.2) is 0 Å². The van der Waals surface area contributed by atoms with Gasteiger partial charge >= 0.3 is 5.97 Å². The average Bonchev–Trinajstić information content (AvgIpc) is 2.69. The lowest BCUT2D eigenvalue weighted by Gasteiger charge is -2.12. The largest absolute Gasteiger partial charge is 0.496 e. The maximum absolute atomic E-state index is 11.5. The molecule has 0 bridgehead atoms. The maximum Gasteiger partial charge on any atom is 0.342 e. The van der Waals surface area contributed by atoms with Crippen molar-refractivity contribution in [1.82, 2.24) is 0 Å². The summed E-state index contributed by atoms with van der Waals surface area (Å²) in [5.74, 6) is 0.972. The van der Waals surface area contributed by atoms with Gasteiger partial charge in [0.25, 0.3) is 0 Å². The number of alkyl halides is 1. The Bertz CT molecular complexity index is 442. The molecule has 0 spiro atoms. The van der Waals surface area contributed by atoms with Gasteiger partial charge in [-0.05, 0) is 0 Å². The summed E-state index contributed by atoms with van der Waals surface area (Å²) >= 11 is 5.85. The molecule has 0 radical (unpaired) electrons. The lowest BCUT2D eigenvalue weighted by atomic mass is 10.0. The molecule has 0 saturated carbocycles. The number of benzene rings is 1. The Morgan fingerprint density at radius 2 is 2.06 bits per heavy atom. The van der Waals surface area contributed by atoms with E-state index in [9.17, 15) is 4.79 Å². The molecule has 0 fully saturated rings. The Morgan fingerprint density at radius 3 is 2.62 bits per heavy atom. The third-order valence-corrected chi connectivity index (χ3v) is 2.86. The van der Waals surface area contributed by atoms with Gasteiger partial charge in [-0.3, -0.25) is 0 Å². The van der Waals surface area contributed by atoms with Crippen LogP contribution in [0.5, 0.6) is 11.5 Å². The molecular formula is C11H11ClO4. The molecule has 5 heteroatoms. The fraction of sp³-hybridized carbons (Fsp3) is 0.364. The van der Waals surface area contributed by atoms with E-state index in [1.807, 2.05) is 0 Å². The van der Waals surface area contributed by atoms with Crippen molar-refractivity contribution >= 4 is 17.6 Å². The summed E-state index contributed by atoms with van der Waals surface area (Å²) in [6, 6.07) is 1.66. The lowest BCUT2D eigenvalue weighted by molar-refractivity contribution is 0.0532. The molecule has 0 N–H and O–H groups in total. The Hall–Kier alpha value is -1.42. The summed E-state index contributed by atoms with van der Waals surface area (Å²) in [5.41, 5.74) is 2.00. The van der Waals surface area contributed by atoms with Crippen LogP contribution in [0, 0.1) is 0 Å². The number of cyclic esters (lactones) is 1. The van der Waals surface area contributed by atoms with Crippen LogP contribution >= 0.6 is 11.6 Å². The fourth-order valence-electron chi connectivity index (χ4n) is 1.81. The molecule has 0 aromatic heterocycles. The van der Waals surface area contributed by atoms with Crippen LogP contribution in [0.2, 0.25) is 0 Å². The van der Waals surface area contributed by atoms with Crippen molar-refractivity contribution in [2.75, 3.05) is 14.2 Å². The van der Waals surface area contributed by atoms with Gasteiger partial charge in [0.05, 0.1) is 20.1 Å². The van der Waals surface area contributed by atoms with Crippen molar-refractivity contribution in [3.8, 4) is 11.5 Å². The van der Waals surface area contributed by atoms with E-state index in [-0.39, 0.29) is 18.5 Å². The normalized spacial score (nSPS) is 13.3. The van der Waals surface area contributed by atoms with E-state index in [0.29, 0.717) is 17.1 Å². The van der Waals surface area contributed by atoms with E-state index in [4.69, 9.17) is 25.8 Å². The number of esters is 1. The first-order chi connectivity index (χ1) is 7.72. The molecule has 0 aliphatic carbocycles. The molecule has 0 unspecified atom stereocenters. The summed E-state index contributed by atoms with van der Waals surface area (Å²) < 4.78 is 15.3. The minimum Gasteiger partial charge on any atom is -0.496 e. The molecule has 0 saturated heterocycles. The number of fused-ring (bicyclic) bond motifs is 1. The van der Waals surface area contributed by atoms with Crippen LogP contribution in [0.25, 0.3) is 0 Å². The molecule has 1 heterocycles. The van der Waals surface area contributed by atoms with Crippen molar-refractivity contribution in [3.63, 3.8) is 0 Å².